The van der Waals surface area contributed by atoms with Crippen LogP contribution in [-0.2, 0) is 11.0 Å². The van der Waals surface area contributed by atoms with Gasteiger partial charge >= 0.3 is 6.18 Å². The number of rotatable bonds is 5. The van der Waals surface area contributed by atoms with Crippen LogP contribution in [0.3, 0.4) is 0 Å². The van der Waals surface area contributed by atoms with Gasteiger partial charge in [-0.25, -0.2) is 15.0 Å². The quantitative estimate of drug-likeness (QED) is 0.437. The molecule has 2 aliphatic heterocycles. The summed E-state index contributed by atoms with van der Waals surface area (Å²) in [5.74, 6) is 0.756. The number of nitrogens with zero attached hydrogens (tertiary/aromatic N) is 6. The van der Waals surface area contributed by atoms with Crippen molar-refractivity contribution in [1.29, 1.82) is 0 Å². The molecule has 0 amide bonds. The van der Waals surface area contributed by atoms with Crippen molar-refractivity contribution in [2.24, 2.45) is 0 Å². The number of hydrogen-bond donors (Lipinski definition) is 1. The maximum absolute atomic E-state index is 13.9. The van der Waals surface area contributed by atoms with Crippen LogP contribution in [0.2, 0.25) is 0 Å². The molecule has 0 unspecified atom stereocenters. The molecule has 5 rings (SSSR count). The minimum absolute atomic E-state index is 0.0209. The minimum Gasteiger partial charge on any atom is -0.384 e. The summed E-state index contributed by atoms with van der Waals surface area (Å²) >= 11 is 0. The molecule has 0 saturated carbocycles. The van der Waals surface area contributed by atoms with E-state index in [4.69, 9.17) is 5.73 Å². The van der Waals surface area contributed by atoms with Crippen LogP contribution >= 0.6 is 0 Å². The first-order chi connectivity index (χ1) is 16.8. The summed E-state index contributed by atoms with van der Waals surface area (Å²) in [6.07, 6.45) is 1.80. The zero-order chi connectivity index (χ0) is 24.6. The van der Waals surface area contributed by atoms with Gasteiger partial charge in [0.25, 0.3) is 0 Å². The SMILES string of the molecule is Nc1ccc(C(F)(F)F)c(-c2cc3ncnc(N4CCN(C=CC=O)CC4)c3cc2N2CCC2)n1. The van der Waals surface area contributed by atoms with E-state index in [2.05, 4.69) is 24.8 Å². The number of allylic oxidation sites excluding steroid dienone is 1. The fourth-order valence-corrected chi connectivity index (χ4v) is 4.49. The second-order valence-electron chi connectivity index (χ2n) is 8.56. The number of fused-ring (bicyclic) bond motifs is 1. The molecule has 8 nitrogen and oxygen atoms in total. The number of aldehydes is 1. The standard InChI is InChI=1S/C24H24F3N7O/c25-24(26,27)18-3-4-21(28)31-22(18)17-13-19-16(14-20(17)33-6-1-7-33)23(30-15-29-19)34-10-8-32(9-11-34)5-2-12-35/h2-5,12-15H,1,6-11H2,(H2,28,31). The molecule has 0 spiro atoms. The maximum Gasteiger partial charge on any atom is 0.418 e. The van der Waals surface area contributed by atoms with Crippen LogP contribution in [0.1, 0.15) is 12.0 Å². The Morgan fingerprint density at radius 2 is 1.74 bits per heavy atom. The summed E-state index contributed by atoms with van der Waals surface area (Å²) in [5.41, 5.74) is 6.33. The first kappa shape index (κ1) is 22.9. The predicted octanol–water partition coefficient (Wildman–Crippen LogP) is 3.34. The van der Waals surface area contributed by atoms with Crippen LogP contribution in [0, 0.1) is 0 Å². The third-order valence-corrected chi connectivity index (χ3v) is 6.40. The van der Waals surface area contributed by atoms with E-state index in [0.717, 1.165) is 56.2 Å². The smallest absolute Gasteiger partial charge is 0.384 e. The van der Waals surface area contributed by atoms with E-state index in [1.165, 1.54) is 18.5 Å². The summed E-state index contributed by atoms with van der Waals surface area (Å²) < 4.78 is 41.6. The van der Waals surface area contributed by atoms with Crippen molar-refractivity contribution in [2.75, 3.05) is 54.8 Å². The predicted molar refractivity (Wildman–Crippen MR) is 128 cm³/mol. The number of pyridine rings is 1. The van der Waals surface area contributed by atoms with Crippen LogP contribution in [0.5, 0.6) is 0 Å². The van der Waals surface area contributed by atoms with Crippen LogP contribution < -0.4 is 15.5 Å². The lowest BCUT2D eigenvalue weighted by Gasteiger charge is -2.36. The van der Waals surface area contributed by atoms with Crippen molar-refractivity contribution in [2.45, 2.75) is 12.6 Å². The molecule has 2 fully saturated rings. The average Bonchev–Trinajstić information content (AvgIpc) is 2.80. The molecule has 182 valence electrons. The molecule has 2 N–H and O–H groups in total. The number of carbonyl (C=O) groups is 1. The number of hydrogen-bond acceptors (Lipinski definition) is 8. The van der Waals surface area contributed by atoms with Crippen molar-refractivity contribution >= 4 is 34.5 Å². The lowest BCUT2D eigenvalue weighted by Crippen LogP contribution is -2.44. The normalized spacial score (nSPS) is 16.7. The van der Waals surface area contributed by atoms with Gasteiger partial charge in [0, 0.05) is 62.1 Å². The van der Waals surface area contributed by atoms with Gasteiger partial charge < -0.3 is 20.4 Å². The summed E-state index contributed by atoms with van der Waals surface area (Å²) in [5, 5.41) is 0.771. The lowest BCUT2D eigenvalue weighted by molar-refractivity contribution is -0.137. The van der Waals surface area contributed by atoms with Gasteiger partial charge in [-0.3, -0.25) is 4.79 Å². The highest BCUT2D eigenvalue weighted by atomic mass is 19.4. The maximum atomic E-state index is 13.9. The van der Waals surface area contributed by atoms with E-state index >= 15 is 0 Å². The zero-order valence-corrected chi connectivity index (χ0v) is 18.9. The van der Waals surface area contributed by atoms with Crippen LogP contribution in [0.25, 0.3) is 22.2 Å². The molecule has 1 aromatic carbocycles. The molecule has 0 aliphatic carbocycles. The van der Waals surface area contributed by atoms with Crippen molar-refractivity contribution in [3.05, 3.63) is 48.4 Å². The van der Waals surface area contributed by atoms with Gasteiger partial charge in [-0.2, -0.15) is 13.2 Å². The number of nitrogens with two attached hydrogens (primary N) is 1. The third-order valence-electron chi connectivity index (χ3n) is 6.40. The largest absolute Gasteiger partial charge is 0.418 e. The van der Waals surface area contributed by atoms with E-state index in [9.17, 15) is 18.0 Å². The van der Waals surface area contributed by atoms with Crippen molar-refractivity contribution in [3.63, 3.8) is 0 Å². The molecule has 3 aromatic rings. The molecule has 2 saturated heterocycles. The van der Waals surface area contributed by atoms with E-state index in [1.54, 1.807) is 12.3 Å². The Hall–Kier alpha value is -3.89. The highest BCUT2D eigenvalue weighted by molar-refractivity contribution is 5.98. The summed E-state index contributed by atoms with van der Waals surface area (Å²) in [4.78, 5) is 29.8. The van der Waals surface area contributed by atoms with Gasteiger partial charge in [-0.05, 0) is 36.8 Å². The van der Waals surface area contributed by atoms with Gasteiger partial charge in [-0.1, -0.05) is 0 Å². The van der Waals surface area contributed by atoms with E-state index in [1.807, 2.05) is 11.0 Å². The molecule has 11 heteroatoms. The molecule has 2 aliphatic rings. The number of carbonyl (C=O) groups excluding carboxylic acids is 1. The molecule has 2 aromatic heterocycles. The second kappa shape index (κ2) is 9.05. The number of halogens is 3. The van der Waals surface area contributed by atoms with Crippen LogP contribution in [0.15, 0.2) is 42.9 Å². The molecule has 0 atom stereocenters. The topological polar surface area (TPSA) is 91.5 Å². The summed E-state index contributed by atoms with van der Waals surface area (Å²) in [6, 6.07) is 5.68. The molecular formula is C24H24F3N7O. The molecular weight excluding hydrogens is 459 g/mol. The number of anilines is 3. The Labute approximate surface area is 199 Å². The monoisotopic (exact) mass is 483 g/mol. The van der Waals surface area contributed by atoms with E-state index in [-0.39, 0.29) is 11.5 Å². The second-order valence-corrected chi connectivity index (χ2v) is 8.56. The highest BCUT2D eigenvalue weighted by Crippen LogP contribution is 2.43. The van der Waals surface area contributed by atoms with Crippen molar-refractivity contribution in [1.82, 2.24) is 19.9 Å². The number of alkyl halides is 3. The molecule has 0 radical (unpaired) electrons. The Morgan fingerprint density at radius 1 is 0.971 bits per heavy atom. The minimum atomic E-state index is -4.58. The third kappa shape index (κ3) is 4.45. The summed E-state index contributed by atoms with van der Waals surface area (Å²) in [6.45, 7) is 4.29. The molecule has 4 heterocycles. The lowest BCUT2D eigenvalue weighted by atomic mass is 9.98. The first-order valence-electron chi connectivity index (χ1n) is 11.3. The molecule has 35 heavy (non-hydrogen) atoms. The van der Waals surface area contributed by atoms with Gasteiger partial charge in [-0.15, -0.1) is 0 Å². The van der Waals surface area contributed by atoms with E-state index < -0.39 is 11.7 Å². The Kier molecular flexibility index (Phi) is 5.91. The Balaban J connectivity index is 1.61. The number of benzene rings is 1. The molecule has 0 bridgehead atoms. The van der Waals surface area contributed by atoms with E-state index in [0.29, 0.717) is 29.9 Å². The number of piperazine rings is 1. The van der Waals surface area contributed by atoms with Gasteiger partial charge in [0.05, 0.1) is 16.8 Å². The first-order valence-corrected chi connectivity index (χ1v) is 11.3. The Bertz CT molecular complexity index is 1280. The van der Waals surface area contributed by atoms with Gasteiger partial charge in [0.2, 0.25) is 0 Å². The van der Waals surface area contributed by atoms with Crippen LogP contribution in [0.4, 0.5) is 30.5 Å². The van der Waals surface area contributed by atoms with Gasteiger partial charge in [0.15, 0.2) is 0 Å². The van der Waals surface area contributed by atoms with Crippen LogP contribution in [-0.4, -0.2) is 65.4 Å². The zero-order valence-electron chi connectivity index (χ0n) is 18.9. The summed E-state index contributed by atoms with van der Waals surface area (Å²) in [7, 11) is 0. The van der Waals surface area contributed by atoms with Gasteiger partial charge in [0.1, 0.15) is 24.2 Å². The van der Waals surface area contributed by atoms with Crippen molar-refractivity contribution < 1.29 is 18.0 Å². The fourth-order valence-electron chi connectivity index (χ4n) is 4.49. The fraction of sp³-hybridized carbons (Fsp3) is 0.333. The van der Waals surface area contributed by atoms with Crippen molar-refractivity contribution in [3.8, 4) is 11.3 Å². The number of aromatic nitrogens is 3. The average molecular weight is 483 g/mol. The highest BCUT2D eigenvalue weighted by Gasteiger charge is 2.36. The number of nitrogen functional groups attached to an aromatic ring is 1. The Morgan fingerprint density at radius 3 is 2.40 bits per heavy atom.